The Bertz CT molecular complexity index is 1840. The van der Waals surface area contributed by atoms with Gasteiger partial charge in [-0.25, -0.2) is 18.0 Å². The van der Waals surface area contributed by atoms with Gasteiger partial charge in [-0.05, 0) is 72.6 Å². The minimum atomic E-state index is -4.08. The van der Waals surface area contributed by atoms with Crippen LogP contribution >= 0.6 is 0 Å². The Morgan fingerprint density at radius 3 is 2.20 bits per heavy atom. The number of esters is 1. The maximum atomic E-state index is 13.3. The lowest BCUT2D eigenvalue weighted by atomic mass is 9.97. The molecule has 2 N–H and O–H groups in total. The summed E-state index contributed by atoms with van der Waals surface area (Å²) in [4.78, 5) is 42.9. The van der Waals surface area contributed by atoms with E-state index in [0.717, 1.165) is 12.8 Å². The number of carbonyl (C=O) groups is 3. The van der Waals surface area contributed by atoms with Crippen molar-refractivity contribution in [1.82, 2.24) is 5.48 Å². The average molecular weight is 689 g/mol. The van der Waals surface area contributed by atoms with Crippen molar-refractivity contribution < 1.29 is 41.8 Å². The first kappa shape index (κ1) is 36.5. The van der Waals surface area contributed by atoms with Crippen LogP contribution in [0.25, 0.3) is 11.1 Å². The molecule has 0 aliphatic carbocycles. The van der Waals surface area contributed by atoms with Gasteiger partial charge in [0.05, 0.1) is 35.4 Å². The van der Waals surface area contributed by atoms with Gasteiger partial charge >= 0.3 is 11.9 Å². The van der Waals surface area contributed by atoms with E-state index in [-0.39, 0.29) is 39.6 Å². The maximum Gasteiger partial charge on any atom is 0.343 e. The first-order valence-electron chi connectivity index (χ1n) is 16.0. The summed E-state index contributed by atoms with van der Waals surface area (Å²) in [5, 5.41) is 0. The van der Waals surface area contributed by atoms with Crippen molar-refractivity contribution in [3.8, 4) is 28.4 Å². The van der Waals surface area contributed by atoms with Crippen LogP contribution < -0.4 is 24.4 Å². The van der Waals surface area contributed by atoms with E-state index < -0.39 is 27.9 Å². The molecule has 11 nitrogen and oxygen atoms in total. The summed E-state index contributed by atoms with van der Waals surface area (Å²) in [7, 11) is -2.69. The van der Waals surface area contributed by atoms with E-state index in [1.54, 1.807) is 55.5 Å². The molecule has 0 fully saturated rings. The van der Waals surface area contributed by atoms with Crippen molar-refractivity contribution in [3.63, 3.8) is 0 Å². The van der Waals surface area contributed by atoms with E-state index in [4.69, 9.17) is 19.0 Å². The lowest BCUT2D eigenvalue weighted by Crippen LogP contribution is -2.27. The molecule has 0 heterocycles. The summed E-state index contributed by atoms with van der Waals surface area (Å²) in [5.41, 5.74) is 2.96. The highest BCUT2D eigenvalue weighted by Crippen LogP contribution is 2.39. The van der Waals surface area contributed by atoms with Gasteiger partial charge in [-0.3, -0.25) is 9.52 Å². The van der Waals surface area contributed by atoms with Gasteiger partial charge in [0.15, 0.2) is 11.5 Å². The van der Waals surface area contributed by atoms with Crippen LogP contribution in [0.5, 0.6) is 17.2 Å². The maximum absolute atomic E-state index is 13.3. The third-order valence-electron chi connectivity index (χ3n) is 7.41. The molecule has 0 saturated carbocycles. The standard InChI is InChI=1S/C37H40N2O9S/c1-4-6-7-8-12-24-46-28-21-18-26(19-22-28)37(42)47-32-23-20-27(25-33(32)45-3)35-30(36(41)38-48-34(40)5-2)16-13-17-31(35)39-49(43,44)29-14-10-9-11-15-29/h9-11,13-23,25,39H,4-8,12,24H2,1-3H3,(H,38,41). The van der Waals surface area contributed by atoms with Gasteiger partial charge in [0.1, 0.15) is 5.75 Å². The highest BCUT2D eigenvalue weighted by Gasteiger charge is 2.23. The molecule has 0 spiro atoms. The third kappa shape index (κ3) is 10.1. The number of hydrogen-bond donors (Lipinski definition) is 2. The molecule has 0 bridgehead atoms. The SMILES string of the molecule is CCCCCCCOc1ccc(C(=O)Oc2ccc(-c3c(NS(=O)(=O)c4ccccc4)cccc3C(=O)NOC(=O)CC)cc2OC)cc1. The molecule has 0 atom stereocenters. The van der Waals surface area contributed by atoms with Crippen molar-refractivity contribution in [3.05, 3.63) is 102 Å². The number of rotatable bonds is 16. The van der Waals surface area contributed by atoms with Crippen molar-refractivity contribution in [2.45, 2.75) is 57.3 Å². The zero-order chi connectivity index (χ0) is 35.2. The molecule has 0 radical (unpaired) electrons. The molecular formula is C37H40N2O9S. The number of amides is 1. The van der Waals surface area contributed by atoms with Gasteiger partial charge in [-0.2, -0.15) is 5.48 Å². The predicted octanol–water partition coefficient (Wildman–Crippen LogP) is 7.33. The third-order valence-corrected chi connectivity index (χ3v) is 8.80. The van der Waals surface area contributed by atoms with Gasteiger partial charge < -0.3 is 19.0 Å². The Labute approximate surface area is 286 Å². The van der Waals surface area contributed by atoms with Crippen LogP contribution in [-0.2, 0) is 19.7 Å². The molecule has 4 aromatic carbocycles. The molecule has 0 aliphatic rings. The number of methoxy groups -OCH3 is 1. The number of carbonyl (C=O) groups excluding carboxylic acids is 3. The fraction of sp³-hybridized carbons (Fsp3) is 0.270. The highest BCUT2D eigenvalue weighted by molar-refractivity contribution is 7.92. The lowest BCUT2D eigenvalue weighted by molar-refractivity contribution is -0.148. The smallest absolute Gasteiger partial charge is 0.343 e. The summed E-state index contributed by atoms with van der Waals surface area (Å²) in [6.07, 6.45) is 5.67. The zero-order valence-corrected chi connectivity index (χ0v) is 28.5. The molecule has 0 unspecified atom stereocenters. The van der Waals surface area contributed by atoms with Crippen molar-refractivity contribution in [2.75, 3.05) is 18.4 Å². The van der Waals surface area contributed by atoms with Crippen LogP contribution in [0.4, 0.5) is 5.69 Å². The van der Waals surface area contributed by atoms with E-state index in [0.29, 0.717) is 23.5 Å². The fourth-order valence-electron chi connectivity index (χ4n) is 4.82. The summed E-state index contributed by atoms with van der Waals surface area (Å²) in [6, 6.07) is 23.3. The number of hydroxylamine groups is 1. The largest absolute Gasteiger partial charge is 0.494 e. The number of unbranched alkanes of at least 4 members (excludes halogenated alkanes) is 4. The van der Waals surface area contributed by atoms with Crippen LogP contribution in [0, 0.1) is 0 Å². The van der Waals surface area contributed by atoms with Gasteiger partial charge in [-0.15, -0.1) is 0 Å². The van der Waals surface area contributed by atoms with E-state index in [9.17, 15) is 22.8 Å². The average Bonchev–Trinajstić information content (AvgIpc) is 3.12. The Balaban J connectivity index is 1.60. The molecule has 49 heavy (non-hydrogen) atoms. The van der Waals surface area contributed by atoms with Gasteiger partial charge in [0.25, 0.3) is 15.9 Å². The normalized spacial score (nSPS) is 10.9. The molecule has 12 heteroatoms. The van der Waals surface area contributed by atoms with Crippen molar-refractivity contribution in [2.24, 2.45) is 0 Å². The summed E-state index contributed by atoms with van der Waals surface area (Å²) < 4.78 is 46.2. The van der Waals surface area contributed by atoms with Crippen LogP contribution in [0.2, 0.25) is 0 Å². The number of benzene rings is 4. The number of sulfonamides is 1. The second-order valence-electron chi connectivity index (χ2n) is 10.9. The Hall–Kier alpha value is -5.36. The minimum Gasteiger partial charge on any atom is -0.494 e. The zero-order valence-electron chi connectivity index (χ0n) is 27.7. The van der Waals surface area contributed by atoms with Crippen LogP contribution in [0.3, 0.4) is 0 Å². The van der Waals surface area contributed by atoms with Crippen LogP contribution in [0.1, 0.15) is 73.1 Å². The summed E-state index contributed by atoms with van der Waals surface area (Å²) >= 11 is 0. The van der Waals surface area contributed by atoms with Gasteiger partial charge in [-0.1, -0.05) is 69.9 Å². The Kier molecular flexibility index (Phi) is 13.2. The van der Waals surface area contributed by atoms with Crippen molar-refractivity contribution in [1.29, 1.82) is 0 Å². The second-order valence-corrected chi connectivity index (χ2v) is 12.6. The topological polar surface area (TPSA) is 146 Å². The van der Waals surface area contributed by atoms with Gasteiger partial charge in [0.2, 0.25) is 0 Å². The lowest BCUT2D eigenvalue weighted by Gasteiger charge is -2.18. The Morgan fingerprint density at radius 2 is 1.51 bits per heavy atom. The number of hydrogen-bond acceptors (Lipinski definition) is 9. The summed E-state index contributed by atoms with van der Waals surface area (Å²) in [5.74, 6) is -1.21. The molecule has 0 aromatic heterocycles. The number of ether oxygens (including phenoxy) is 3. The summed E-state index contributed by atoms with van der Waals surface area (Å²) in [6.45, 7) is 4.34. The minimum absolute atomic E-state index is 0.00719. The van der Waals surface area contributed by atoms with E-state index in [2.05, 4.69) is 17.1 Å². The first-order valence-corrected chi connectivity index (χ1v) is 17.5. The molecule has 1 amide bonds. The highest BCUT2D eigenvalue weighted by atomic mass is 32.2. The number of nitrogens with one attached hydrogen (secondary N) is 2. The van der Waals surface area contributed by atoms with Crippen molar-refractivity contribution >= 4 is 33.6 Å². The fourth-order valence-corrected chi connectivity index (χ4v) is 5.91. The molecule has 258 valence electrons. The number of anilines is 1. The first-order chi connectivity index (χ1) is 23.7. The van der Waals surface area contributed by atoms with E-state index in [1.165, 1.54) is 68.8 Å². The van der Waals surface area contributed by atoms with Crippen LogP contribution in [0.15, 0.2) is 95.9 Å². The molecule has 4 aromatic rings. The van der Waals surface area contributed by atoms with E-state index >= 15 is 0 Å². The monoisotopic (exact) mass is 688 g/mol. The quantitative estimate of drug-likeness (QED) is 0.0535. The van der Waals surface area contributed by atoms with Gasteiger partial charge in [0, 0.05) is 12.0 Å². The molecular weight excluding hydrogens is 648 g/mol. The Morgan fingerprint density at radius 1 is 0.776 bits per heavy atom. The molecule has 4 rings (SSSR count). The molecule has 0 saturated heterocycles. The molecule has 0 aliphatic heterocycles. The van der Waals surface area contributed by atoms with Crippen LogP contribution in [-0.4, -0.2) is 40.0 Å². The predicted molar refractivity (Wildman–Crippen MR) is 185 cm³/mol. The van der Waals surface area contributed by atoms with E-state index in [1.807, 2.05) is 0 Å². The second kappa shape index (κ2) is 17.7.